The maximum absolute atomic E-state index is 12.9. The lowest BCUT2D eigenvalue weighted by Crippen LogP contribution is -2.30. The Balaban J connectivity index is 4.17. The van der Waals surface area contributed by atoms with E-state index >= 15 is 0 Å². The molecule has 0 aromatic carbocycles. The molecule has 0 saturated carbocycles. The van der Waals surface area contributed by atoms with E-state index in [0.717, 1.165) is 77.0 Å². The fraction of sp³-hybridized carbons (Fsp3) is 0.841. The zero-order valence-corrected chi connectivity index (χ0v) is 50.3. The van der Waals surface area contributed by atoms with E-state index in [2.05, 4.69) is 69.4 Å². The fourth-order valence-electron chi connectivity index (χ4n) is 9.80. The van der Waals surface area contributed by atoms with E-state index in [1.165, 1.54) is 238 Å². The van der Waals surface area contributed by atoms with E-state index in [4.69, 9.17) is 14.2 Å². The van der Waals surface area contributed by atoms with Crippen molar-refractivity contribution in [2.24, 2.45) is 0 Å². The van der Waals surface area contributed by atoms with Crippen molar-refractivity contribution in [3.8, 4) is 0 Å². The second-order valence-corrected chi connectivity index (χ2v) is 22.4. The van der Waals surface area contributed by atoms with Gasteiger partial charge in [0.2, 0.25) is 0 Å². The Kier molecular flexibility index (Phi) is 61.7. The van der Waals surface area contributed by atoms with E-state index in [-0.39, 0.29) is 31.1 Å². The predicted octanol–water partition coefficient (Wildman–Crippen LogP) is 22.6. The molecule has 0 amide bonds. The summed E-state index contributed by atoms with van der Waals surface area (Å²) in [5.41, 5.74) is 0. The molecular formula is C69H126O6. The number of allylic oxidation sites excluding steroid dienone is 8. The van der Waals surface area contributed by atoms with Gasteiger partial charge in [0.1, 0.15) is 13.2 Å². The summed E-state index contributed by atoms with van der Waals surface area (Å²) >= 11 is 0. The average molecular weight is 1050 g/mol. The highest BCUT2D eigenvalue weighted by Gasteiger charge is 2.19. The van der Waals surface area contributed by atoms with Gasteiger partial charge in [0, 0.05) is 19.3 Å². The van der Waals surface area contributed by atoms with Crippen LogP contribution in [0.25, 0.3) is 0 Å². The third-order valence-electron chi connectivity index (χ3n) is 14.8. The second kappa shape index (κ2) is 63.9. The molecule has 0 saturated heterocycles. The predicted molar refractivity (Wildman–Crippen MR) is 325 cm³/mol. The molecule has 0 radical (unpaired) electrons. The van der Waals surface area contributed by atoms with Gasteiger partial charge in [-0.3, -0.25) is 14.4 Å². The number of ether oxygens (including phenoxy) is 3. The third kappa shape index (κ3) is 62.1. The molecule has 0 aliphatic heterocycles. The van der Waals surface area contributed by atoms with Gasteiger partial charge in [-0.2, -0.15) is 0 Å². The van der Waals surface area contributed by atoms with Crippen molar-refractivity contribution < 1.29 is 28.6 Å². The number of esters is 3. The molecule has 0 heterocycles. The topological polar surface area (TPSA) is 78.9 Å². The monoisotopic (exact) mass is 1050 g/mol. The van der Waals surface area contributed by atoms with E-state index in [1.54, 1.807) is 0 Å². The van der Waals surface area contributed by atoms with Gasteiger partial charge in [0.25, 0.3) is 0 Å². The van der Waals surface area contributed by atoms with Crippen LogP contribution in [0.1, 0.15) is 355 Å². The van der Waals surface area contributed by atoms with Crippen LogP contribution in [0.2, 0.25) is 0 Å². The maximum Gasteiger partial charge on any atom is 0.306 e. The summed E-state index contributed by atoms with van der Waals surface area (Å²) in [7, 11) is 0. The fourth-order valence-corrected chi connectivity index (χ4v) is 9.80. The SMILES string of the molecule is CCCCCCC/C=C\C/C=C\C/C=C\CCCCCCCCC(=O)OC(COC(=O)CCCCCCCCCCC)COC(=O)CCCCCCCCCCCCCCCCC/C=C\CCCCCCCCCC. The smallest absolute Gasteiger partial charge is 0.306 e. The Labute approximate surface area is 467 Å². The molecule has 6 heteroatoms. The van der Waals surface area contributed by atoms with Crippen LogP contribution < -0.4 is 0 Å². The lowest BCUT2D eigenvalue weighted by atomic mass is 10.0. The highest BCUT2D eigenvalue weighted by Crippen LogP contribution is 2.17. The zero-order valence-electron chi connectivity index (χ0n) is 50.3. The molecule has 0 spiro atoms. The Bertz CT molecular complexity index is 1300. The lowest BCUT2D eigenvalue weighted by molar-refractivity contribution is -0.167. The number of carbonyl (C=O) groups excluding carboxylic acids is 3. The quantitative estimate of drug-likeness (QED) is 0.0261. The molecule has 6 nitrogen and oxygen atoms in total. The van der Waals surface area contributed by atoms with Crippen LogP contribution in [-0.4, -0.2) is 37.2 Å². The normalized spacial score (nSPS) is 12.3. The molecule has 0 bridgehead atoms. The minimum absolute atomic E-state index is 0.0748. The molecule has 75 heavy (non-hydrogen) atoms. The van der Waals surface area contributed by atoms with Crippen LogP contribution in [0.15, 0.2) is 48.6 Å². The lowest BCUT2D eigenvalue weighted by Gasteiger charge is -2.18. The van der Waals surface area contributed by atoms with Crippen LogP contribution in [0, 0.1) is 0 Å². The van der Waals surface area contributed by atoms with Crippen molar-refractivity contribution in [3.05, 3.63) is 48.6 Å². The van der Waals surface area contributed by atoms with Crippen molar-refractivity contribution in [1.82, 2.24) is 0 Å². The first kappa shape index (κ1) is 72.4. The van der Waals surface area contributed by atoms with Gasteiger partial charge < -0.3 is 14.2 Å². The third-order valence-corrected chi connectivity index (χ3v) is 14.8. The Morgan fingerprint density at radius 1 is 0.267 bits per heavy atom. The largest absolute Gasteiger partial charge is 0.462 e. The van der Waals surface area contributed by atoms with Gasteiger partial charge in [0.05, 0.1) is 0 Å². The summed E-state index contributed by atoms with van der Waals surface area (Å²) in [5.74, 6) is -0.871. The molecule has 0 aliphatic carbocycles. The molecule has 1 unspecified atom stereocenters. The molecular weight excluding hydrogens is 925 g/mol. The summed E-state index contributed by atoms with van der Waals surface area (Å²) < 4.78 is 16.9. The van der Waals surface area contributed by atoms with Crippen molar-refractivity contribution >= 4 is 17.9 Å². The number of hydrogen-bond acceptors (Lipinski definition) is 6. The summed E-state index contributed by atoms with van der Waals surface area (Å²) in [6, 6.07) is 0. The van der Waals surface area contributed by atoms with E-state index < -0.39 is 6.10 Å². The van der Waals surface area contributed by atoms with Gasteiger partial charge in [-0.05, 0) is 83.5 Å². The molecule has 1 atom stereocenters. The molecule has 0 fully saturated rings. The molecule has 0 N–H and O–H groups in total. The van der Waals surface area contributed by atoms with E-state index in [1.807, 2.05) is 0 Å². The first-order valence-corrected chi connectivity index (χ1v) is 33.1. The molecule has 0 aromatic rings. The second-order valence-electron chi connectivity index (χ2n) is 22.4. The van der Waals surface area contributed by atoms with Gasteiger partial charge in [-0.1, -0.05) is 301 Å². The van der Waals surface area contributed by atoms with Crippen LogP contribution in [0.5, 0.6) is 0 Å². The Hall–Kier alpha value is -2.63. The molecule has 438 valence electrons. The number of carbonyl (C=O) groups is 3. The van der Waals surface area contributed by atoms with Crippen molar-refractivity contribution in [2.75, 3.05) is 13.2 Å². The highest BCUT2D eigenvalue weighted by molar-refractivity contribution is 5.71. The first-order chi connectivity index (χ1) is 37.0. The molecule has 0 aromatic heterocycles. The van der Waals surface area contributed by atoms with Gasteiger partial charge >= 0.3 is 17.9 Å². The number of rotatable bonds is 61. The first-order valence-electron chi connectivity index (χ1n) is 33.1. The van der Waals surface area contributed by atoms with E-state index in [9.17, 15) is 14.4 Å². The number of unbranched alkanes of at least 4 members (excludes halogenated alkanes) is 42. The van der Waals surface area contributed by atoms with Crippen molar-refractivity contribution in [1.29, 1.82) is 0 Å². The standard InChI is InChI=1S/C69H126O6/c1-4-7-10-13-16-19-21-23-25-27-29-31-32-33-34-35-36-38-39-41-43-45-47-50-53-56-59-62-68(71)74-65-66(64-73-67(70)61-58-55-52-49-18-15-12-9-6-3)75-69(72)63-60-57-54-51-48-46-44-42-40-37-30-28-26-24-22-20-17-14-11-8-5-2/h22,24,27-30,40,42,66H,4-21,23,25-26,31-39,41,43-65H2,1-3H3/b24-22-,29-27-,30-28-,42-40-. The van der Waals surface area contributed by atoms with Crippen LogP contribution in [-0.2, 0) is 28.6 Å². The Morgan fingerprint density at radius 3 is 0.760 bits per heavy atom. The summed E-state index contributed by atoms with van der Waals surface area (Å²) in [5, 5.41) is 0. The average Bonchev–Trinajstić information content (AvgIpc) is 3.41. The van der Waals surface area contributed by atoms with Crippen molar-refractivity contribution in [3.63, 3.8) is 0 Å². The summed E-state index contributed by atoms with van der Waals surface area (Å²) in [6.07, 6.45) is 80.0. The number of hydrogen-bond donors (Lipinski definition) is 0. The summed E-state index contributed by atoms with van der Waals surface area (Å²) in [4.78, 5) is 38.2. The minimum atomic E-state index is -0.777. The van der Waals surface area contributed by atoms with Crippen molar-refractivity contribution in [2.45, 2.75) is 361 Å². The minimum Gasteiger partial charge on any atom is -0.462 e. The van der Waals surface area contributed by atoms with Crippen LogP contribution >= 0.6 is 0 Å². The van der Waals surface area contributed by atoms with Gasteiger partial charge in [-0.15, -0.1) is 0 Å². The highest BCUT2D eigenvalue weighted by atomic mass is 16.6. The van der Waals surface area contributed by atoms with Gasteiger partial charge in [0.15, 0.2) is 6.10 Å². The van der Waals surface area contributed by atoms with Crippen LogP contribution in [0.3, 0.4) is 0 Å². The van der Waals surface area contributed by atoms with Crippen LogP contribution in [0.4, 0.5) is 0 Å². The maximum atomic E-state index is 12.9. The van der Waals surface area contributed by atoms with E-state index in [0.29, 0.717) is 19.3 Å². The van der Waals surface area contributed by atoms with Gasteiger partial charge in [-0.25, -0.2) is 0 Å². The Morgan fingerprint density at radius 2 is 0.480 bits per heavy atom. The zero-order chi connectivity index (χ0) is 54.3. The molecule has 0 rings (SSSR count). The summed E-state index contributed by atoms with van der Waals surface area (Å²) in [6.45, 7) is 6.65. The molecule has 0 aliphatic rings.